The average Bonchev–Trinajstić information content (AvgIpc) is 2.96. The van der Waals surface area contributed by atoms with E-state index in [-0.39, 0.29) is 31.7 Å². The van der Waals surface area contributed by atoms with Gasteiger partial charge in [0.2, 0.25) is 0 Å². The zero-order chi connectivity index (χ0) is 31.5. The quantitative estimate of drug-likeness (QED) is 0.187. The molecule has 2 aliphatic heterocycles. The Balaban J connectivity index is 2.04. The van der Waals surface area contributed by atoms with Crippen molar-refractivity contribution in [3.8, 4) is 0 Å². The lowest BCUT2D eigenvalue weighted by molar-refractivity contribution is -0.300. The van der Waals surface area contributed by atoms with E-state index < -0.39 is 84.9 Å². The van der Waals surface area contributed by atoms with Gasteiger partial charge in [0.1, 0.15) is 11.9 Å². The van der Waals surface area contributed by atoms with Gasteiger partial charge in [-0.2, -0.15) is 0 Å². The summed E-state index contributed by atoms with van der Waals surface area (Å²) < 4.78 is 51.3. The molecule has 1 aromatic rings. The molecule has 2 aliphatic rings. The van der Waals surface area contributed by atoms with Gasteiger partial charge in [-0.1, -0.05) is 18.2 Å². The molecule has 0 radical (unpaired) electrons. The van der Waals surface area contributed by atoms with Crippen molar-refractivity contribution < 1.29 is 66.6 Å². The molecule has 2 heterocycles. The predicted octanol–water partition coefficient (Wildman–Crippen LogP) is 1.64. The van der Waals surface area contributed by atoms with Crippen LogP contribution in [0.15, 0.2) is 36.4 Å². The van der Waals surface area contributed by atoms with Gasteiger partial charge in [0.15, 0.2) is 36.4 Å². The highest BCUT2D eigenvalue weighted by Crippen LogP contribution is 2.31. The number of hydrogen-bond acceptors (Lipinski definition) is 13. The Kier molecular flexibility index (Phi) is 12.4. The minimum absolute atomic E-state index is 0.0159. The third-order valence-electron chi connectivity index (χ3n) is 6.44. The molecule has 0 aromatic heterocycles. The number of hydrogen-bond donors (Lipinski definition) is 2. The minimum atomic E-state index is -1.73. The molecule has 43 heavy (non-hydrogen) atoms. The number of aliphatic hydroxyl groups excluding tert-OH is 1. The van der Waals surface area contributed by atoms with Crippen molar-refractivity contribution >= 4 is 35.7 Å². The van der Waals surface area contributed by atoms with Crippen molar-refractivity contribution in [3.05, 3.63) is 42.2 Å². The number of allylic oxidation sites excluding steroid dienone is 2. The zero-order valence-corrected chi connectivity index (χ0v) is 23.8. The van der Waals surface area contributed by atoms with E-state index in [1.807, 2.05) is 0 Å². The first-order chi connectivity index (χ1) is 20.6. The summed E-state index contributed by atoms with van der Waals surface area (Å²) in [5, 5.41) is 12.4. The van der Waals surface area contributed by atoms with Gasteiger partial charge in [0.25, 0.3) is 0 Å². The monoisotopic (exact) mass is 611 g/mol. The zero-order valence-electron chi connectivity index (χ0n) is 23.8. The minimum Gasteiger partial charge on any atom is -0.465 e. The molecule has 3 rings (SSSR count). The standard InChI is InChI=1S/C28H34FNO13/c1-4-38-23(32)17-11-6-7-12-18(24(33)39-5-2)26(35)42-22-21(41-25(17)34)20(19(14-31)40-27(22)37-3)43-28(36)30-16-10-8-9-15(29)13-16/h6-10,13,17-22,27,31H,4-5,11-12,14H2,1-3H3,(H,30,36)/b7-6-/t17-,18-,19-,20-,21+,22-,27+/m1/s1. The summed E-state index contributed by atoms with van der Waals surface area (Å²) in [6.45, 7) is 2.23. The number of methoxy groups -OCH3 is 1. The van der Waals surface area contributed by atoms with Crippen LogP contribution in [0.5, 0.6) is 0 Å². The van der Waals surface area contributed by atoms with Crippen LogP contribution in [-0.2, 0) is 52.3 Å². The van der Waals surface area contributed by atoms with Crippen LogP contribution in [-0.4, -0.2) is 92.7 Å². The van der Waals surface area contributed by atoms with Gasteiger partial charge >= 0.3 is 30.0 Å². The van der Waals surface area contributed by atoms with Gasteiger partial charge in [-0.25, -0.2) is 9.18 Å². The van der Waals surface area contributed by atoms with Crippen LogP contribution in [0.4, 0.5) is 14.9 Å². The number of anilines is 1. The van der Waals surface area contributed by atoms with E-state index >= 15 is 0 Å². The molecule has 0 saturated carbocycles. The van der Waals surface area contributed by atoms with E-state index in [1.54, 1.807) is 13.8 Å². The summed E-state index contributed by atoms with van der Waals surface area (Å²) in [4.78, 5) is 64.8. The van der Waals surface area contributed by atoms with E-state index in [4.69, 9.17) is 33.2 Å². The Morgan fingerprint density at radius 1 is 0.977 bits per heavy atom. The van der Waals surface area contributed by atoms with Crippen molar-refractivity contribution in [2.24, 2.45) is 11.8 Å². The Morgan fingerprint density at radius 3 is 2.07 bits per heavy atom. The van der Waals surface area contributed by atoms with Crippen LogP contribution in [0.1, 0.15) is 26.7 Å². The van der Waals surface area contributed by atoms with Crippen molar-refractivity contribution in [2.75, 3.05) is 32.2 Å². The summed E-state index contributed by atoms with van der Waals surface area (Å²) in [5.41, 5.74) is 0.0159. The van der Waals surface area contributed by atoms with E-state index in [9.17, 15) is 33.5 Å². The number of fused-ring (bicyclic) bond motifs is 1. The van der Waals surface area contributed by atoms with E-state index in [0.29, 0.717) is 0 Å². The fourth-order valence-electron chi connectivity index (χ4n) is 4.41. The molecule has 0 spiro atoms. The van der Waals surface area contributed by atoms with Gasteiger partial charge in [-0.05, 0) is 44.9 Å². The number of esters is 4. The molecule has 1 saturated heterocycles. The molecule has 236 valence electrons. The number of halogens is 1. The van der Waals surface area contributed by atoms with Crippen molar-refractivity contribution in [1.82, 2.24) is 0 Å². The SMILES string of the molecule is CCOC(=O)[C@H]1C/C=C\C[C@H](C(=O)OCC)C(=O)O[C@H]2[C@@H](OC)O[C@H](CO)[C@@H](OC(=O)Nc3cccc(F)c3)[C@@H]2OC1=O. The Morgan fingerprint density at radius 2 is 1.56 bits per heavy atom. The molecule has 2 N–H and O–H groups in total. The number of benzene rings is 1. The normalized spacial score (nSPS) is 28.4. The lowest BCUT2D eigenvalue weighted by Gasteiger charge is -2.44. The second-order valence-electron chi connectivity index (χ2n) is 9.32. The molecule has 15 heteroatoms. The van der Waals surface area contributed by atoms with Gasteiger partial charge in [-0.15, -0.1) is 0 Å². The number of nitrogens with one attached hydrogen (secondary N) is 1. The van der Waals surface area contributed by atoms with Gasteiger partial charge < -0.3 is 38.3 Å². The highest BCUT2D eigenvalue weighted by molar-refractivity contribution is 5.96. The number of ether oxygens (including phenoxy) is 7. The fourth-order valence-corrected chi connectivity index (χ4v) is 4.41. The molecule has 14 nitrogen and oxygen atoms in total. The second kappa shape index (κ2) is 16.0. The maximum atomic E-state index is 13.6. The smallest absolute Gasteiger partial charge is 0.412 e. The summed E-state index contributed by atoms with van der Waals surface area (Å²) >= 11 is 0. The number of carbonyl (C=O) groups excluding carboxylic acids is 5. The summed E-state index contributed by atoms with van der Waals surface area (Å²) in [5.74, 6) is -7.63. The summed E-state index contributed by atoms with van der Waals surface area (Å²) in [6.07, 6.45) is -6.72. The van der Waals surface area contributed by atoms with Crippen LogP contribution in [0, 0.1) is 17.7 Å². The van der Waals surface area contributed by atoms with Crippen LogP contribution in [0.25, 0.3) is 0 Å². The van der Waals surface area contributed by atoms with Crippen LogP contribution < -0.4 is 5.32 Å². The second-order valence-corrected chi connectivity index (χ2v) is 9.32. The van der Waals surface area contributed by atoms with Crippen molar-refractivity contribution in [1.29, 1.82) is 0 Å². The van der Waals surface area contributed by atoms with Gasteiger partial charge in [0, 0.05) is 12.8 Å². The highest BCUT2D eigenvalue weighted by Gasteiger charge is 2.54. The first kappa shape index (κ1) is 33.4. The van der Waals surface area contributed by atoms with Crippen LogP contribution >= 0.6 is 0 Å². The predicted molar refractivity (Wildman–Crippen MR) is 141 cm³/mol. The third kappa shape index (κ3) is 8.72. The fraction of sp³-hybridized carbons (Fsp3) is 0.536. The Labute approximate surface area is 246 Å². The number of carbonyl (C=O) groups is 5. The Bertz CT molecular complexity index is 1190. The highest BCUT2D eigenvalue weighted by atomic mass is 19.1. The number of amides is 1. The maximum Gasteiger partial charge on any atom is 0.412 e. The van der Waals surface area contributed by atoms with Gasteiger partial charge in [0.05, 0.1) is 19.8 Å². The molecule has 0 aliphatic carbocycles. The number of rotatable bonds is 8. The van der Waals surface area contributed by atoms with Gasteiger partial charge in [-0.3, -0.25) is 24.5 Å². The topological polar surface area (TPSA) is 182 Å². The van der Waals surface area contributed by atoms with E-state index in [2.05, 4.69) is 5.32 Å². The van der Waals surface area contributed by atoms with E-state index in [1.165, 1.54) is 31.4 Å². The molecular formula is C28H34FNO13. The Hall–Kier alpha value is -4.08. The lowest BCUT2D eigenvalue weighted by atomic mass is 9.96. The van der Waals surface area contributed by atoms with Crippen molar-refractivity contribution in [3.63, 3.8) is 0 Å². The van der Waals surface area contributed by atoms with Crippen molar-refractivity contribution in [2.45, 2.75) is 57.4 Å². The molecule has 1 amide bonds. The summed E-state index contributed by atoms with van der Waals surface area (Å²) in [7, 11) is 1.17. The van der Waals surface area contributed by atoms with E-state index in [0.717, 1.165) is 12.1 Å². The molecule has 7 atom stereocenters. The van der Waals surface area contributed by atoms with Crippen LogP contribution in [0.3, 0.4) is 0 Å². The lowest BCUT2D eigenvalue weighted by Crippen LogP contribution is -2.63. The molecule has 0 bridgehead atoms. The first-order valence-corrected chi connectivity index (χ1v) is 13.5. The molecule has 1 aromatic carbocycles. The third-order valence-corrected chi connectivity index (χ3v) is 6.44. The first-order valence-electron chi connectivity index (χ1n) is 13.5. The molecular weight excluding hydrogens is 577 g/mol. The number of aliphatic hydroxyl groups is 1. The largest absolute Gasteiger partial charge is 0.465 e. The molecule has 1 fully saturated rings. The summed E-state index contributed by atoms with van der Waals surface area (Å²) in [6, 6.07) is 4.87. The maximum absolute atomic E-state index is 13.6. The average molecular weight is 612 g/mol. The van der Waals surface area contributed by atoms with Crippen LogP contribution in [0.2, 0.25) is 0 Å². The molecule has 0 unspecified atom stereocenters.